The first-order valence-corrected chi connectivity index (χ1v) is 5.25. The Labute approximate surface area is 90.8 Å². The van der Waals surface area contributed by atoms with E-state index in [1.54, 1.807) is 0 Å². The molecular weight excluding hydrogens is 196 g/mol. The molecule has 0 aromatic carbocycles. The van der Waals surface area contributed by atoms with E-state index < -0.39 is 0 Å². The number of isothiocyanates is 1. The van der Waals surface area contributed by atoms with E-state index >= 15 is 0 Å². The predicted molar refractivity (Wildman–Crippen MR) is 61.4 cm³/mol. The summed E-state index contributed by atoms with van der Waals surface area (Å²) in [6.07, 6.45) is 1.51. The van der Waals surface area contributed by atoms with Crippen LogP contribution in [0.1, 0.15) is 40.5 Å². The molecular formula is C10H17N2OS-. The number of rotatable bonds is 1. The van der Waals surface area contributed by atoms with E-state index in [4.69, 9.17) is 0 Å². The number of hydrogen-bond acceptors (Lipinski definition) is 4. The molecule has 0 atom stereocenters. The molecule has 1 fully saturated rings. The molecule has 0 radical (unpaired) electrons. The van der Waals surface area contributed by atoms with Crippen LogP contribution in [0.2, 0.25) is 0 Å². The molecule has 3 nitrogen and oxygen atoms in total. The highest BCUT2D eigenvalue weighted by Crippen LogP contribution is 2.38. The Morgan fingerprint density at radius 3 is 2.07 bits per heavy atom. The van der Waals surface area contributed by atoms with Gasteiger partial charge in [0, 0.05) is 11.1 Å². The highest BCUT2D eigenvalue weighted by molar-refractivity contribution is 7.78. The summed E-state index contributed by atoms with van der Waals surface area (Å²) in [5.74, 6) is 0. The van der Waals surface area contributed by atoms with Crippen molar-refractivity contribution >= 4 is 17.4 Å². The molecule has 0 aromatic rings. The van der Waals surface area contributed by atoms with Gasteiger partial charge in [-0.15, -0.1) is 0 Å². The van der Waals surface area contributed by atoms with Crippen LogP contribution in [0.25, 0.3) is 0 Å². The minimum Gasteiger partial charge on any atom is -0.784 e. The Morgan fingerprint density at radius 2 is 1.71 bits per heavy atom. The standard InChI is InChI=1S/C10H17N2OS/c1-9(2)5-8(11-7-14)6-10(3,4)12(9)13/h8H,5-6H2,1-4H3/q-1. The molecule has 1 saturated heterocycles. The predicted octanol–water partition coefficient (Wildman–Crippen LogP) is 2.61. The Morgan fingerprint density at radius 1 is 1.29 bits per heavy atom. The van der Waals surface area contributed by atoms with Crippen LogP contribution in [0.4, 0.5) is 0 Å². The quantitative estimate of drug-likeness (QED) is 0.496. The molecule has 0 bridgehead atoms. The monoisotopic (exact) mass is 213 g/mol. The van der Waals surface area contributed by atoms with E-state index in [9.17, 15) is 5.21 Å². The average molecular weight is 213 g/mol. The Hall–Kier alpha value is -0.280. The van der Waals surface area contributed by atoms with Crippen LogP contribution in [-0.4, -0.2) is 27.3 Å². The topological polar surface area (TPSA) is 38.7 Å². The Bertz CT molecular complexity index is 251. The molecule has 4 heteroatoms. The zero-order chi connectivity index (χ0) is 11.0. The second-order valence-electron chi connectivity index (χ2n) is 5.20. The number of nitrogens with zero attached hydrogens (tertiary/aromatic N) is 2. The summed E-state index contributed by atoms with van der Waals surface area (Å²) in [5, 5.41) is 15.6. The van der Waals surface area contributed by atoms with Gasteiger partial charge in [0.25, 0.3) is 0 Å². The lowest BCUT2D eigenvalue weighted by Crippen LogP contribution is -2.58. The number of hydroxylamine groups is 2. The van der Waals surface area contributed by atoms with Crippen LogP contribution in [0.15, 0.2) is 4.99 Å². The number of thiocarbonyl (C=S) groups is 1. The lowest BCUT2D eigenvalue weighted by molar-refractivity contribution is 0.00998. The third-order valence-corrected chi connectivity index (χ3v) is 2.91. The van der Waals surface area contributed by atoms with E-state index in [1.807, 2.05) is 27.7 Å². The van der Waals surface area contributed by atoms with Gasteiger partial charge < -0.3 is 10.3 Å². The molecule has 0 spiro atoms. The lowest BCUT2D eigenvalue weighted by atomic mass is 9.79. The third-order valence-electron chi connectivity index (χ3n) is 2.81. The molecule has 1 aliphatic heterocycles. The normalized spacial score (nSPS) is 26.9. The first-order chi connectivity index (χ1) is 6.29. The second-order valence-corrected chi connectivity index (χ2v) is 5.38. The molecule has 14 heavy (non-hydrogen) atoms. The molecule has 0 saturated carbocycles. The van der Waals surface area contributed by atoms with Crippen LogP contribution in [0.5, 0.6) is 0 Å². The van der Waals surface area contributed by atoms with Crippen molar-refractivity contribution in [3.05, 3.63) is 5.21 Å². The van der Waals surface area contributed by atoms with Crippen molar-refractivity contribution in [1.29, 1.82) is 0 Å². The Balaban J connectivity index is 2.91. The second kappa shape index (κ2) is 3.70. The fourth-order valence-corrected chi connectivity index (χ4v) is 2.53. The van der Waals surface area contributed by atoms with E-state index in [2.05, 4.69) is 22.4 Å². The highest BCUT2D eigenvalue weighted by Gasteiger charge is 2.39. The van der Waals surface area contributed by atoms with Gasteiger partial charge in [-0.25, -0.2) is 4.99 Å². The van der Waals surface area contributed by atoms with Gasteiger partial charge in [-0.05, 0) is 52.8 Å². The first-order valence-electron chi connectivity index (χ1n) is 4.84. The Kier molecular flexibility index (Phi) is 3.12. The zero-order valence-corrected chi connectivity index (χ0v) is 10.0. The molecule has 1 heterocycles. The smallest absolute Gasteiger partial charge is 0.0637 e. The minimum atomic E-state index is -0.359. The van der Waals surface area contributed by atoms with Gasteiger partial charge in [0.05, 0.1) is 11.2 Å². The van der Waals surface area contributed by atoms with Crippen molar-refractivity contribution in [2.24, 2.45) is 4.99 Å². The van der Waals surface area contributed by atoms with E-state index in [0.717, 1.165) is 12.8 Å². The summed E-state index contributed by atoms with van der Waals surface area (Å²) >= 11 is 4.60. The largest absolute Gasteiger partial charge is 0.784 e. The van der Waals surface area contributed by atoms with Crippen LogP contribution in [0, 0.1) is 5.21 Å². The van der Waals surface area contributed by atoms with Crippen LogP contribution >= 0.6 is 12.2 Å². The van der Waals surface area contributed by atoms with Gasteiger partial charge in [0.2, 0.25) is 0 Å². The van der Waals surface area contributed by atoms with Gasteiger partial charge in [-0.1, -0.05) is 0 Å². The van der Waals surface area contributed by atoms with Crippen molar-refractivity contribution in [1.82, 2.24) is 5.06 Å². The van der Waals surface area contributed by atoms with Crippen LogP contribution in [-0.2, 0) is 0 Å². The molecule has 0 aromatic heterocycles. The number of aliphatic imine (C=N–C) groups is 1. The fraction of sp³-hybridized carbons (Fsp3) is 0.900. The molecule has 0 aliphatic carbocycles. The van der Waals surface area contributed by atoms with Crippen molar-refractivity contribution in [2.45, 2.75) is 57.7 Å². The van der Waals surface area contributed by atoms with Crippen LogP contribution in [0.3, 0.4) is 0 Å². The molecule has 1 aliphatic rings. The number of piperidine rings is 1. The summed E-state index contributed by atoms with van der Waals surface area (Å²) < 4.78 is 0. The molecule has 0 unspecified atom stereocenters. The minimum absolute atomic E-state index is 0.141. The number of hydrogen-bond donors (Lipinski definition) is 0. The molecule has 0 amide bonds. The van der Waals surface area contributed by atoms with Gasteiger partial charge in [-0.3, -0.25) is 0 Å². The maximum Gasteiger partial charge on any atom is 0.0637 e. The maximum atomic E-state index is 11.9. The van der Waals surface area contributed by atoms with Crippen molar-refractivity contribution in [3.8, 4) is 0 Å². The molecule has 80 valence electrons. The first kappa shape index (κ1) is 11.8. The zero-order valence-electron chi connectivity index (χ0n) is 9.20. The summed E-state index contributed by atoms with van der Waals surface area (Å²) in [6, 6.07) is 0.141. The van der Waals surface area contributed by atoms with Gasteiger partial charge in [-0.2, -0.15) is 0 Å². The summed E-state index contributed by atoms with van der Waals surface area (Å²) in [7, 11) is 0. The van der Waals surface area contributed by atoms with Crippen LogP contribution < -0.4 is 0 Å². The molecule has 1 rings (SSSR count). The summed E-state index contributed by atoms with van der Waals surface area (Å²) in [6.45, 7) is 7.80. The summed E-state index contributed by atoms with van der Waals surface area (Å²) in [5.41, 5.74) is -0.718. The van der Waals surface area contributed by atoms with Crippen molar-refractivity contribution in [2.75, 3.05) is 0 Å². The SMILES string of the molecule is CC1(C)CC(N=C=S)CC(C)(C)N1[O-]. The third kappa shape index (κ3) is 2.20. The fourth-order valence-electron chi connectivity index (χ4n) is 2.38. The van der Waals surface area contributed by atoms with Gasteiger partial charge >= 0.3 is 0 Å². The van der Waals surface area contributed by atoms with E-state index in [1.165, 1.54) is 5.06 Å². The van der Waals surface area contributed by atoms with E-state index in [-0.39, 0.29) is 17.1 Å². The van der Waals surface area contributed by atoms with Gasteiger partial charge in [0.15, 0.2) is 0 Å². The van der Waals surface area contributed by atoms with Crippen molar-refractivity contribution in [3.63, 3.8) is 0 Å². The van der Waals surface area contributed by atoms with Gasteiger partial charge in [0.1, 0.15) is 0 Å². The average Bonchev–Trinajstić information content (AvgIpc) is 1.99. The van der Waals surface area contributed by atoms with Crippen molar-refractivity contribution < 1.29 is 0 Å². The molecule has 0 N–H and O–H groups in total. The lowest BCUT2D eigenvalue weighted by Gasteiger charge is -2.59. The highest BCUT2D eigenvalue weighted by atomic mass is 32.1. The van der Waals surface area contributed by atoms with E-state index in [0.29, 0.717) is 0 Å². The maximum absolute atomic E-state index is 11.9. The summed E-state index contributed by atoms with van der Waals surface area (Å²) in [4.78, 5) is 4.11.